The van der Waals surface area contributed by atoms with Crippen LogP contribution in [0.25, 0.3) is 0 Å². The molecule has 0 saturated heterocycles. The van der Waals surface area contributed by atoms with Gasteiger partial charge in [-0.1, -0.05) is 32.0 Å². The van der Waals surface area contributed by atoms with Crippen molar-refractivity contribution in [2.45, 2.75) is 51.7 Å². The van der Waals surface area contributed by atoms with Gasteiger partial charge in [0.15, 0.2) is 0 Å². The summed E-state index contributed by atoms with van der Waals surface area (Å²) in [5, 5.41) is 3.44. The molecule has 0 aromatic heterocycles. The third-order valence-electron chi connectivity index (χ3n) is 2.61. The minimum atomic E-state index is -0.421. The molecule has 0 spiro atoms. The first-order valence-corrected chi connectivity index (χ1v) is 8.40. The molecule has 0 bridgehead atoms. The normalized spacial score (nSPS) is 11.7. The summed E-state index contributed by atoms with van der Waals surface area (Å²) in [6.07, 6.45) is 0. The Morgan fingerprint density at radius 2 is 1.95 bits per heavy atom. The zero-order valence-corrected chi connectivity index (χ0v) is 14.5. The van der Waals surface area contributed by atoms with Crippen molar-refractivity contribution in [1.82, 2.24) is 5.32 Å². The highest BCUT2D eigenvalue weighted by atomic mass is 32.2. The first kappa shape index (κ1) is 18.1. The molecule has 4 heteroatoms. The zero-order valence-electron chi connectivity index (χ0n) is 13.7. The van der Waals surface area contributed by atoms with E-state index < -0.39 is 5.60 Å². The van der Waals surface area contributed by atoms with E-state index in [9.17, 15) is 4.79 Å². The summed E-state index contributed by atoms with van der Waals surface area (Å²) in [7, 11) is 0. The summed E-state index contributed by atoms with van der Waals surface area (Å²) >= 11 is 1.54. The van der Waals surface area contributed by atoms with Crippen LogP contribution in [0.15, 0.2) is 29.2 Å². The molecule has 0 aliphatic heterocycles. The average Bonchev–Trinajstić information content (AvgIpc) is 2.35. The molecule has 0 aliphatic rings. The predicted octanol–water partition coefficient (Wildman–Crippen LogP) is 3.87. The van der Waals surface area contributed by atoms with Gasteiger partial charge in [-0.25, -0.2) is 0 Å². The van der Waals surface area contributed by atoms with E-state index >= 15 is 0 Å². The molecule has 0 fully saturated rings. The highest BCUT2D eigenvalue weighted by molar-refractivity contribution is 8.00. The minimum Gasteiger partial charge on any atom is -0.459 e. The Morgan fingerprint density at radius 3 is 2.57 bits per heavy atom. The SMILES string of the molecule is CC(C)CNCc1ccccc1SCC(=O)OC(C)(C)C. The maximum atomic E-state index is 11.8. The molecule has 0 aliphatic carbocycles. The number of benzene rings is 1. The van der Waals surface area contributed by atoms with Gasteiger partial charge in [0.25, 0.3) is 0 Å². The number of carbonyl (C=O) groups is 1. The summed E-state index contributed by atoms with van der Waals surface area (Å²) in [5.74, 6) is 0.808. The van der Waals surface area contributed by atoms with Crippen molar-refractivity contribution in [3.8, 4) is 0 Å². The van der Waals surface area contributed by atoms with E-state index in [0.717, 1.165) is 18.0 Å². The molecule has 1 aromatic carbocycles. The maximum absolute atomic E-state index is 11.8. The number of thioether (sulfide) groups is 1. The van der Waals surface area contributed by atoms with Crippen molar-refractivity contribution in [2.24, 2.45) is 5.92 Å². The Balaban J connectivity index is 2.53. The molecule has 0 amide bonds. The van der Waals surface area contributed by atoms with Crippen molar-refractivity contribution < 1.29 is 9.53 Å². The standard InChI is InChI=1S/C17H27NO2S/c1-13(2)10-18-11-14-8-6-7-9-15(14)21-12-16(19)20-17(3,4)5/h6-9,13,18H,10-12H2,1-5H3. The molecule has 21 heavy (non-hydrogen) atoms. The molecule has 0 heterocycles. The lowest BCUT2D eigenvalue weighted by atomic mass is 10.2. The number of nitrogens with one attached hydrogen (secondary N) is 1. The van der Waals surface area contributed by atoms with Crippen LogP contribution in [0.3, 0.4) is 0 Å². The molecule has 0 atom stereocenters. The van der Waals surface area contributed by atoms with Gasteiger partial charge in [-0.15, -0.1) is 11.8 Å². The van der Waals surface area contributed by atoms with Crippen LogP contribution in [0.2, 0.25) is 0 Å². The molecule has 3 nitrogen and oxygen atoms in total. The number of carbonyl (C=O) groups excluding carboxylic acids is 1. The summed E-state index contributed by atoms with van der Waals surface area (Å²) in [5.41, 5.74) is 0.808. The van der Waals surface area contributed by atoms with E-state index in [1.807, 2.05) is 32.9 Å². The van der Waals surface area contributed by atoms with Gasteiger partial charge >= 0.3 is 5.97 Å². The third-order valence-corrected chi connectivity index (χ3v) is 3.70. The van der Waals surface area contributed by atoms with E-state index in [-0.39, 0.29) is 5.97 Å². The minimum absolute atomic E-state index is 0.169. The lowest BCUT2D eigenvalue weighted by Crippen LogP contribution is -2.25. The third kappa shape index (κ3) is 8.12. The van der Waals surface area contributed by atoms with E-state index in [0.29, 0.717) is 11.7 Å². The molecule has 0 unspecified atom stereocenters. The average molecular weight is 309 g/mol. The van der Waals surface area contributed by atoms with Gasteiger partial charge in [0.2, 0.25) is 0 Å². The number of hydrogen-bond donors (Lipinski definition) is 1. The second-order valence-corrected chi connectivity index (χ2v) is 7.52. The number of rotatable bonds is 7. The van der Waals surface area contributed by atoms with Crippen LogP contribution in [0.5, 0.6) is 0 Å². The van der Waals surface area contributed by atoms with Gasteiger partial charge in [-0.2, -0.15) is 0 Å². The molecular weight excluding hydrogens is 282 g/mol. The number of ether oxygens (including phenoxy) is 1. The van der Waals surface area contributed by atoms with Crippen LogP contribution in [-0.2, 0) is 16.1 Å². The summed E-state index contributed by atoms with van der Waals surface area (Å²) in [4.78, 5) is 12.9. The highest BCUT2D eigenvalue weighted by Gasteiger charge is 2.16. The van der Waals surface area contributed by atoms with Crippen LogP contribution in [0, 0.1) is 5.92 Å². The van der Waals surface area contributed by atoms with Crippen LogP contribution in [0.4, 0.5) is 0 Å². The van der Waals surface area contributed by atoms with Crippen molar-refractivity contribution in [2.75, 3.05) is 12.3 Å². The van der Waals surface area contributed by atoms with Crippen LogP contribution >= 0.6 is 11.8 Å². The molecule has 118 valence electrons. The van der Waals surface area contributed by atoms with Gasteiger partial charge in [-0.05, 0) is 44.9 Å². The second kappa shape index (κ2) is 8.44. The Labute approximate surface area is 132 Å². The maximum Gasteiger partial charge on any atom is 0.316 e. The van der Waals surface area contributed by atoms with Crippen molar-refractivity contribution in [1.29, 1.82) is 0 Å². The van der Waals surface area contributed by atoms with Crippen molar-refractivity contribution in [3.63, 3.8) is 0 Å². The number of esters is 1. The van der Waals surface area contributed by atoms with Crippen molar-refractivity contribution >= 4 is 17.7 Å². The molecule has 1 rings (SSSR count). The quantitative estimate of drug-likeness (QED) is 0.613. The van der Waals surface area contributed by atoms with Gasteiger partial charge < -0.3 is 10.1 Å². The smallest absolute Gasteiger partial charge is 0.316 e. The van der Waals surface area contributed by atoms with Crippen LogP contribution in [-0.4, -0.2) is 23.9 Å². The van der Waals surface area contributed by atoms with E-state index in [2.05, 4.69) is 31.3 Å². The fourth-order valence-electron chi connectivity index (χ4n) is 1.79. The van der Waals surface area contributed by atoms with Gasteiger partial charge in [0.05, 0.1) is 5.75 Å². The lowest BCUT2D eigenvalue weighted by Gasteiger charge is -2.19. The fraction of sp³-hybridized carbons (Fsp3) is 0.588. The summed E-state index contributed by atoms with van der Waals surface area (Å²) < 4.78 is 5.34. The molecular formula is C17H27NO2S. The van der Waals surface area contributed by atoms with E-state index in [1.165, 1.54) is 5.56 Å². The lowest BCUT2D eigenvalue weighted by molar-refractivity contribution is -0.151. The Bertz CT molecular complexity index is 452. The Hall–Kier alpha value is -1.00. The monoisotopic (exact) mass is 309 g/mol. The Kier molecular flexibility index (Phi) is 7.26. The number of hydrogen-bond acceptors (Lipinski definition) is 4. The zero-order chi connectivity index (χ0) is 15.9. The van der Waals surface area contributed by atoms with E-state index in [4.69, 9.17) is 4.74 Å². The first-order chi connectivity index (χ1) is 9.78. The molecule has 1 N–H and O–H groups in total. The molecule has 0 saturated carbocycles. The van der Waals surface area contributed by atoms with Crippen LogP contribution < -0.4 is 5.32 Å². The molecule has 0 radical (unpaired) electrons. The predicted molar refractivity (Wildman–Crippen MR) is 89.6 cm³/mol. The second-order valence-electron chi connectivity index (χ2n) is 6.51. The largest absolute Gasteiger partial charge is 0.459 e. The van der Waals surface area contributed by atoms with Gasteiger partial charge in [0.1, 0.15) is 5.60 Å². The van der Waals surface area contributed by atoms with Gasteiger partial charge in [0, 0.05) is 11.4 Å². The van der Waals surface area contributed by atoms with Crippen molar-refractivity contribution in [3.05, 3.63) is 29.8 Å². The van der Waals surface area contributed by atoms with Gasteiger partial charge in [-0.3, -0.25) is 4.79 Å². The topological polar surface area (TPSA) is 38.3 Å². The highest BCUT2D eigenvalue weighted by Crippen LogP contribution is 2.23. The summed E-state index contributed by atoms with van der Waals surface area (Å²) in [6, 6.07) is 8.19. The molecule has 1 aromatic rings. The fourth-order valence-corrected chi connectivity index (χ4v) is 2.63. The first-order valence-electron chi connectivity index (χ1n) is 7.41. The van der Waals surface area contributed by atoms with Crippen LogP contribution in [0.1, 0.15) is 40.2 Å². The van der Waals surface area contributed by atoms with E-state index in [1.54, 1.807) is 11.8 Å². The Morgan fingerprint density at radius 1 is 1.29 bits per heavy atom. The summed E-state index contributed by atoms with van der Waals surface area (Å²) in [6.45, 7) is 11.9.